The topological polar surface area (TPSA) is 47.3 Å². The third-order valence-electron chi connectivity index (χ3n) is 14.9. The van der Waals surface area contributed by atoms with E-state index in [1.807, 2.05) is 0 Å². The van der Waals surface area contributed by atoms with E-state index in [1.54, 1.807) is 12.5 Å². The predicted octanol–water partition coefficient (Wildman–Crippen LogP) is 18.6. The Morgan fingerprint density at radius 2 is 0.658 bits per heavy atom. The van der Waals surface area contributed by atoms with Gasteiger partial charge in [-0.25, -0.2) is 4.98 Å². The van der Waals surface area contributed by atoms with Crippen LogP contribution in [-0.4, -0.2) is 18.7 Å². The number of anilines is 6. The zero-order chi connectivity index (χ0) is 50.1. The summed E-state index contributed by atoms with van der Waals surface area (Å²) < 4.78 is 13.4. The van der Waals surface area contributed by atoms with Gasteiger partial charge in [0, 0.05) is 83.5 Å². The Hall–Kier alpha value is -10.4. The molecule has 0 atom stereocenters. The van der Waals surface area contributed by atoms with E-state index in [-0.39, 0.29) is 0 Å². The van der Waals surface area contributed by atoms with Gasteiger partial charge in [-0.05, 0) is 140 Å². The first kappa shape index (κ1) is 43.2. The van der Waals surface area contributed by atoms with Crippen molar-refractivity contribution < 1.29 is 4.42 Å². The zero-order valence-corrected chi connectivity index (χ0v) is 41.1. The van der Waals surface area contributed by atoms with E-state index in [4.69, 9.17) is 9.40 Å². The molecule has 11 aromatic carbocycles. The van der Waals surface area contributed by atoms with E-state index in [9.17, 15) is 0 Å². The molecule has 0 aliphatic heterocycles. The van der Waals surface area contributed by atoms with Crippen LogP contribution >= 0.6 is 0 Å². The highest BCUT2D eigenvalue weighted by Crippen LogP contribution is 2.48. The van der Waals surface area contributed by atoms with Crippen LogP contribution in [-0.2, 0) is 0 Å². The monoisotopic (exact) mass is 974 g/mol. The molecule has 4 heterocycles. The quantitative estimate of drug-likeness (QED) is 0.137. The van der Waals surface area contributed by atoms with Crippen molar-refractivity contribution in [2.75, 3.05) is 9.80 Å². The van der Waals surface area contributed by atoms with Crippen LogP contribution in [0.1, 0.15) is 0 Å². The fraction of sp³-hybridized carbons (Fsp3) is 0. The Morgan fingerprint density at radius 3 is 1.12 bits per heavy atom. The maximum atomic E-state index is 6.33. The number of aromatic nitrogens is 4. The summed E-state index contributed by atoms with van der Waals surface area (Å²) >= 11 is 0. The third-order valence-corrected chi connectivity index (χ3v) is 14.9. The van der Waals surface area contributed by atoms with Gasteiger partial charge in [0.2, 0.25) is 5.89 Å². The lowest BCUT2D eigenvalue weighted by Gasteiger charge is -2.26. The fourth-order valence-corrected chi connectivity index (χ4v) is 11.7. The number of benzene rings is 11. The van der Waals surface area contributed by atoms with Crippen LogP contribution in [0.25, 0.3) is 93.9 Å². The standard InChI is InChI=1S/C69H46N6O/c1-6-20-47(21-7-1)71(52-34-37-65-58(42-52)56-30-16-18-32-63(56)73(65)49-24-10-3-11-25-49)53-36-39-67-60(44-53)61-45-55(46-62(69-70-40-41-76-69)68(61)75(67)51-28-14-5-15-29-51)72(48-22-8-2-9-23-48)54-35-38-66-59(43-54)57-31-17-19-33-64(57)74(66)50-26-12-4-13-27-50/h1-46H. The molecule has 0 unspecified atom stereocenters. The number of hydrogen-bond donors (Lipinski definition) is 0. The molecule has 0 radical (unpaired) electrons. The maximum absolute atomic E-state index is 6.33. The maximum Gasteiger partial charge on any atom is 0.228 e. The molecule has 7 heteroatoms. The minimum Gasteiger partial charge on any atom is -0.444 e. The second-order valence-corrected chi connectivity index (χ2v) is 19.2. The molecular formula is C69H46N6O. The van der Waals surface area contributed by atoms with Crippen LogP contribution in [0.4, 0.5) is 34.1 Å². The van der Waals surface area contributed by atoms with Gasteiger partial charge in [-0.1, -0.05) is 127 Å². The Kier molecular flexibility index (Phi) is 10.1. The summed E-state index contributed by atoms with van der Waals surface area (Å²) in [6.07, 6.45) is 3.40. The van der Waals surface area contributed by atoms with Gasteiger partial charge in [0.15, 0.2) is 0 Å². The Bertz CT molecular complexity index is 4620. The number of rotatable bonds is 10. The van der Waals surface area contributed by atoms with E-state index in [1.165, 1.54) is 27.1 Å². The van der Waals surface area contributed by atoms with Gasteiger partial charge in [-0.15, -0.1) is 0 Å². The Balaban J connectivity index is 0.988. The summed E-state index contributed by atoms with van der Waals surface area (Å²) in [5, 5.41) is 6.89. The van der Waals surface area contributed by atoms with Crippen molar-refractivity contribution in [3.05, 3.63) is 279 Å². The van der Waals surface area contributed by atoms with Gasteiger partial charge in [-0.3, -0.25) is 0 Å². The normalized spacial score (nSPS) is 11.7. The SMILES string of the molecule is c1ccc(N(c2ccc3c(c2)c2ccccc2n3-c2ccccc2)c2ccc3c(c2)c2cc(N(c4ccccc4)c4ccc5c(c4)c4ccccc4n5-c4ccccc4)cc(-c4ncco4)c2n3-c2ccccc2)cc1. The highest BCUT2D eigenvalue weighted by molar-refractivity contribution is 6.17. The first-order chi connectivity index (χ1) is 37.7. The minimum atomic E-state index is 0.537. The Morgan fingerprint density at radius 1 is 0.289 bits per heavy atom. The van der Waals surface area contributed by atoms with Crippen LogP contribution in [0.2, 0.25) is 0 Å². The Labute approximate surface area is 438 Å². The second kappa shape index (κ2) is 17.7. The summed E-state index contributed by atoms with van der Waals surface area (Å²) in [7, 11) is 0. The molecule has 76 heavy (non-hydrogen) atoms. The lowest BCUT2D eigenvalue weighted by atomic mass is 10.0. The van der Waals surface area contributed by atoms with Crippen molar-refractivity contribution in [3.63, 3.8) is 0 Å². The first-order valence-corrected chi connectivity index (χ1v) is 25.7. The van der Waals surface area contributed by atoms with Gasteiger partial charge in [0.25, 0.3) is 0 Å². The molecule has 0 N–H and O–H groups in total. The van der Waals surface area contributed by atoms with Crippen molar-refractivity contribution in [2.24, 2.45) is 0 Å². The number of hydrogen-bond acceptors (Lipinski definition) is 4. The zero-order valence-electron chi connectivity index (χ0n) is 41.1. The number of nitrogens with zero attached hydrogens (tertiary/aromatic N) is 6. The van der Waals surface area contributed by atoms with Crippen molar-refractivity contribution in [2.45, 2.75) is 0 Å². The predicted molar refractivity (Wildman–Crippen MR) is 314 cm³/mol. The highest BCUT2D eigenvalue weighted by Gasteiger charge is 2.26. The molecular weight excluding hydrogens is 929 g/mol. The fourth-order valence-electron chi connectivity index (χ4n) is 11.7. The highest BCUT2D eigenvalue weighted by atomic mass is 16.3. The van der Waals surface area contributed by atoms with Crippen molar-refractivity contribution in [3.8, 4) is 28.5 Å². The van der Waals surface area contributed by atoms with E-state index in [2.05, 4.69) is 290 Å². The van der Waals surface area contributed by atoms with Crippen LogP contribution < -0.4 is 9.80 Å². The van der Waals surface area contributed by atoms with E-state index in [0.717, 1.165) is 95.1 Å². The average Bonchev–Trinajstić information content (AvgIpc) is 4.31. The number of para-hydroxylation sites is 7. The van der Waals surface area contributed by atoms with E-state index < -0.39 is 0 Å². The minimum absolute atomic E-state index is 0.537. The lowest BCUT2D eigenvalue weighted by Crippen LogP contribution is -2.10. The molecule has 0 saturated heterocycles. The average molecular weight is 975 g/mol. The molecule has 0 bridgehead atoms. The van der Waals surface area contributed by atoms with E-state index >= 15 is 0 Å². The van der Waals surface area contributed by atoms with Crippen LogP contribution in [0.3, 0.4) is 0 Å². The molecule has 0 amide bonds. The van der Waals surface area contributed by atoms with Gasteiger partial charge >= 0.3 is 0 Å². The largest absolute Gasteiger partial charge is 0.444 e. The van der Waals surface area contributed by atoms with Crippen molar-refractivity contribution >= 4 is 99.5 Å². The first-order valence-electron chi connectivity index (χ1n) is 25.7. The van der Waals surface area contributed by atoms with Gasteiger partial charge in [0.05, 0.1) is 44.9 Å². The number of fused-ring (bicyclic) bond motifs is 9. The van der Waals surface area contributed by atoms with Gasteiger partial charge in [-0.2, -0.15) is 0 Å². The summed E-state index contributed by atoms with van der Waals surface area (Å²) in [4.78, 5) is 9.63. The summed E-state index contributed by atoms with van der Waals surface area (Å²) in [6.45, 7) is 0. The molecule has 0 aliphatic rings. The molecule has 0 fully saturated rings. The molecule has 15 rings (SSSR count). The molecule has 0 aliphatic carbocycles. The third kappa shape index (κ3) is 6.94. The van der Waals surface area contributed by atoms with Gasteiger partial charge in [0.1, 0.15) is 6.26 Å². The van der Waals surface area contributed by atoms with Crippen LogP contribution in [0.15, 0.2) is 284 Å². The van der Waals surface area contributed by atoms with Gasteiger partial charge < -0.3 is 27.9 Å². The van der Waals surface area contributed by atoms with Crippen LogP contribution in [0.5, 0.6) is 0 Å². The van der Waals surface area contributed by atoms with E-state index in [0.29, 0.717) is 5.89 Å². The van der Waals surface area contributed by atoms with Crippen molar-refractivity contribution in [1.82, 2.24) is 18.7 Å². The molecule has 15 aromatic rings. The second-order valence-electron chi connectivity index (χ2n) is 19.2. The summed E-state index contributed by atoms with van der Waals surface area (Å²) in [6, 6.07) is 95.9. The molecule has 4 aromatic heterocycles. The molecule has 0 spiro atoms. The number of oxazole rings is 1. The van der Waals surface area contributed by atoms with Crippen molar-refractivity contribution in [1.29, 1.82) is 0 Å². The molecule has 7 nitrogen and oxygen atoms in total. The smallest absolute Gasteiger partial charge is 0.228 e. The molecule has 358 valence electrons. The summed E-state index contributed by atoms with van der Waals surface area (Å²) in [5.74, 6) is 0.537. The lowest BCUT2D eigenvalue weighted by molar-refractivity contribution is 0.575. The molecule has 0 saturated carbocycles. The summed E-state index contributed by atoms with van der Waals surface area (Å²) in [5.41, 5.74) is 17.0. The van der Waals surface area contributed by atoms with Crippen LogP contribution in [0, 0.1) is 0 Å².